The number of carbonyl (C=O) groups excluding carboxylic acids is 1. The summed E-state index contributed by atoms with van der Waals surface area (Å²) in [5.74, 6) is 0.494. The Hall–Kier alpha value is -0.610. The maximum atomic E-state index is 12.1. The second-order valence-electron chi connectivity index (χ2n) is 6.19. The number of amides is 1. The van der Waals surface area contributed by atoms with Crippen molar-refractivity contribution in [2.45, 2.75) is 52.2 Å². The third-order valence-corrected chi connectivity index (χ3v) is 4.97. The van der Waals surface area contributed by atoms with E-state index < -0.39 is 0 Å². The largest absolute Gasteiger partial charge is 0.392 e. The van der Waals surface area contributed by atoms with E-state index in [0.29, 0.717) is 25.6 Å². The first-order chi connectivity index (χ1) is 8.47. The van der Waals surface area contributed by atoms with Crippen LogP contribution in [0.15, 0.2) is 0 Å². The summed E-state index contributed by atoms with van der Waals surface area (Å²) >= 11 is 0. The van der Waals surface area contributed by atoms with E-state index in [9.17, 15) is 9.90 Å². The summed E-state index contributed by atoms with van der Waals surface area (Å²) < 4.78 is 5.36. The molecule has 3 atom stereocenters. The van der Waals surface area contributed by atoms with Gasteiger partial charge in [0, 0.05) is 30.6 Å². The number of ether oxygens (including phenoxy) is 1. The first-order valence-electron chi connectivity index (χ1n) is 7.03. The molecule has 1 saturated heterocycles. The molecule has 0 aromatic carbocycles. The van der Waals surface area contributed by atoms with Crippen LogP contribution in [0.2, 0.25) is 0 Å². The summed E-state index contributed by atoms with van der Waals surface area (Å²) in [7, 11) is 0. The molecule has 0 radical (unpaired) electrons. The van der Waals surface area contributed by atoms with Gasteiger partial charge in [-0.15, -0.1) is 0 Å². The monoisotopic (exact) mass is 255 g/mol. The Bertz CT molecular complexity index is 310. The summed E-state index contributed by atoms with van der Waals surface area (Å²) in [6.07, 6.45) is 2.13. The summed E-state index contributed by atoms with van der Waals surface area (Å²) in [6, 6.07) is 0.130. The quantitative estimate of drug-likeness (QED) is 0.800. The van der Waals surface area contributed by atoms with Crippen LogP contribution in [0.25, 0.3) is 0 Å². The second kappa shape index (κ2) is 5.17. The molecule has 1 unspecified atom stereocenters. The molecular formula is C14H25NO3. The highest BCUT2D eigenvalue weighted by atomic mass is 16.5. The zero-order valence-corrected chi connectivity index (χ0v) is 11.6. The fraction of sp³-hybridized carbons (Fsp3) is 0.929. The van der Waals surface area contributed by atoms with Gasteiger partial charge in [-0.25, -0.2) is 0 Å². The van der Waals surface area contributed by atoms with Crippen molar-refractivity contribution in [3.05, 3.63) is 0 Å². The Morgan fingerprint density at radius 2 is 1.94 bits per heavy atom. The summed E-state index contributed by atoms with van der Waals surface area (Å²) in [5, 5.41) is 13.2. The standard InChI is InChI=1S/C14H25NO3/c1-9(2)10(3)13(17)15-11-8-12(16)14(11)4-6-18-7-5-14/h9-12,16H,4-8H2,1-3H3,(H,15,17)/t10?,11-,12-/m0/s1. The minimum Gasteiger partial charge on any atom is -0.392 e. The molecule has 1 amide bonds. The average Bonchev–Trinajstić information content (AvgIpc) is 2.38. The zero-order valence-electron chi connectivity index (χ0n) is 11.6. The van der Waals surface area contributed by atoms with Crippen LogP contribution in [0.5, 0.6) is 0 Å². The van der Waals surface area contributed by atoms with E-state index in [-0.39, 0.29) is 29.4 Å². The molecule has 0 bridgehead atoms. The Balaban J connectivity index is 1.96. The Morgan fingerprint density at radius 3 is 2.44 bits per heavy atom. The molecule has 2 fully saturated rings. The smallest absolute Gasteiger partial charge is 0.223 e. The molecule has 1 spiro atoms. The van der Waals surface area contributed by atoms with Crippen molar-refractivity contribution in [2.75, 3.05) is 13.2 Å². The Morgan fingerprint density at radius 1 is 1.33 bits per heavy atom. The molecule has 4 heteroatoms. The highest BCUT2D eigenvalue weighted by molar-refractivity contribution is 5.79. The van der Waals surface area contributed by atoms with Crippen molar-refractivity contribution in [2.24, 2.45) is 17.3 Å². The zero-order chi connectivity index (χ0) is 13.3. The normalized spacial score (nSPS) is 32.1. The number of aliphatic hydroxyl groups excluding tert-OH is 1. The number of rotatable bonds is 3. The van der Waals surface area contributed by atoms with Gasteiger partial charge in [0.2, 0.25) is 5.91 Å². The fourth-order valence-corrected chi connectivity index (χ4v) is 3.01. The lowest BCUT2D eigenvalue weighted by molar-refractivity contribution is -0.157. The topological polar surface area (TPSA) is 58.6 Å². The van der Waals surface area contributed by atoms with Gasteiger partial charge in [0.1, 0.15) is 0 Å². The lowest BCUT2D eigenvalue weighted by Gasteiger charge is -2.55. The lowest BCUT2D eigenvalue weighted by atomic mass is 9.57. The Labute approximate surface area is 109 Å². The molecule has 104 valence electrons. The molecule has 2 rings (SSSR count). The van der Waals surface area contributed by atoms with Gasteiger partial charge in [-0.3, -0.25) is 4.79 Å². The minimum absolute atomic E-state index is 0.0274. The van der Waals surface area contributed by atoms with Crippen molar-refractivity contribution in [3.8, 4) is 0 Å². The molecule has 1 aliphatic carbocycles. The maximum Gasteiger partial charge on any atom is 0.223 e. The number of nitrogens with one attached hydrogen (secondary N) is 1. The van der Waals surface area contributed by atoms with Gasteiger partial charge in [0.05, 0.1) is 6.10 Å². The van der Waals surface area contributed by atoms with Crippen molar-refractivity contribution in [1.82, 2.24) is 5.32 Å². The van der Waals surface area contributed by atoms with Crippen LogP contribution in [0.4, 0.5) is 0 Å². The first-order valence-corrected chi connectivity index (χ1v) is 7.03. The van der Waals surface area contributed by atoms with Crippen molar-refractivity contribution < 1.29 is 14.6 Å². The molecule has 18 heavy (non-hydrogen) atoms. The van der Waals surface area contributed by atoms with E-state index in [1.165, 1.54) is 0 Å². The van der Waals surface area contributed by atoms with Gasteiger partial charge in [0.25, 0.3) is 0 Å². The van der Waals surface area contributed by atoms with E-state index in [2.05, 4.69) is 19.2 Å². The second-order valence-corrected chi connectivity index (χ2v) is 6.19. The summed E-state index contributed by atoms with van der Waals surface area (Å²) in [4.78, 5) is 12.1. The highest BCUT2D eigenvalue weighted by Crippen LogP contribution is 2.49. The number of hydrogen-bond acceptors (Lipinski definition) is 3. The predicted molar refractivity (Wildman–Crippen MR) is 69.0 cm³/mol. The number of carbonyl (C=O) groups is 1. The SMILES string of the molecule is CC(C)C(C)C(=O)N[C@H]1C[C@H](O)C12CCOCC2. The number of hydrogen-bond donors (Lipinski definition) is 2. The molecule has 1 saturated carbocycles. The van der Waals surface area contributed by atoms with Gasteiger partial charge >= 0.3 is 0 Å². The van der Waals surface area contributed by atoms with Crippen molar-refractivity contribution in [3.63, 3.8) is 0 Å². The molecule has 0 aromatic rings. The van der Waals surface area contributed by atoms with Crippen molar-refractivity contribution >= 4 is 5.91 Å². The third kappa shape index (κ3) is 2.28. The summed E-state index contributed by atoms with van der Waals surface area (Å²) in [6.45, 7) is 7.48. The molecular weight excluding hydrogens is 230 g/mol. The van der Waals surface area contributed by atoms with Gasteiger partial charge < -0.3 is 15.2 Å². The van der Waals surface area contributed by atoms with Crippen LogP contribution in [0.3, 0.4) is 0 Å². The van der Waals surface area contributed by atoms with Gasteiger partial charge in [-0.2, -0.15) is 0 Å². The van der Waals surface area contributed by atoms with Crippen LogP contribution < -0.4 is 5.32 Å². The van der Waals surface area contributed by atoms with Gasteiger partial charge in [0.15, 0.2) is 0 Å². The molecule has 2 N–H and O–H groups in total. The third-order valence-electron chi connectivity index (χ3n) is 4.97. The molecule has 4 nitrogen and oxygen atoms in total. The van der Waals surface area contributed by atoms with Gasteiger partial charge in [-0.1, -0.05) is 20.8 Å². The van der Waals surface area contributed by atoms with E-state index in [1.807, 2.05) is 6.92 Å². The number of aliphatic hydroxyl groups is 1. The molecule has 2 aliphatic rings. The van der Waals surface area contributed by atoms with E-state index in [1.54, 1.807) is 0 Å². The van der Waals surface area contributed by atoms with Crippen LogP contribution in [0, 0.1) is 17.3 Å². The van der Waals surface area contributed by atoms with Crippen LogP contribution >= 0.6 is 0 Å². The van der Waals surface area contributed by atoms with E-state index in [0.717, 1.165) is 12.8 Å². The predicted octanol–water partition coefficient (Wildman–Crippen LogP) is 1.32. The van der Waals surface area contributed by atoms with E-state index >= 15 is 0 Å². The fourth-order valence-electron chi connectivity index (χ4n) is 3.01. The molecule has 1 aliphatic heterocycles. The maximum absolute atomic E-state index is 12.1. The summed E-state index contributed by atoms with van der Waals surface area (Å²) in [5.41, 5.74) is -0.120. The van der Waals surface area contributed by atoms with Gasteiger partial charge in [-0.05, 0) is 25.2 Å². The average molecular weight is 255 g/mol. The van der Waals surface area contributed by atoms with Crippen LogP contribution in [-0.2, 0) is 9.53 Å². The highest BCUT2D eigenvalue weighted by Gasteiger charge is 2.55. The lowest BCUT2D eigenvalue weighted by Crippen LogP contribution is -2.66. The first kappa shape index (κ1) is 13.8. The minimum atomic E-state index is -0.277. The molecule has 0 aromatic heterocycles. The van der Waals surface area contributed by atoms with Crippen molar-refractivity contribution in [1.29, 1.82) is 0 Å². The Kier molecular flexibility index (Phi) is 3.97. The van der Waals surface area contributed by atoms with E-state index in [4.69, 9.17) is 4.74 Å². The molecule has 1 heterocycles. The van der Waals surface area contributed by atoms with Crippen LogP contribution in [-0.4, -0.2) is 36.4 Å². The van der Waals surface area contributed by atoms with Crippen LogP contribution in [0.1, 0.15) is 40.0 Å².